The Labute approximate surface area is 117 Å². The molecule has 1 aliphatic carbocycles. The molecule has 20 heavy (non-hydrogen) atoms. The van der Waals surface area contributed by atoms with Crippen molar-refractivity contribution < 1.29 is 19.4 Å². The highest BCUT2D eigenvalue weighted by Crippen LogP contribution is 2.32. The molecule has 1 saturated carbocycles. The van der Waals surface area contributed by atoms with Crippen molar-refractivity contribution in [2.75, 3.05) is 12.4 Å². The fourth-order valence-electron chi connectivity index (χ4n) is 2.21. The van der Waals surface area contributed by atoms with E-state index in [-0.39, 0.29) is 0 Å². The van der Waals surface area contributed by atoms with Crippen molar-refractivity contribution in [3.63, 3.8) is 0 Å². The Balaban J connectivity index is 2.08. The van der Waals surface area contributed by atoms with Crippen molar-refractivity contribution in [2.45, 2.75) is 31.7 Å². The molecule has 2 amide bonds. The Morgan fingerprint density at radius 1 is 1.35 bits per heavy atom. The van der Waals surface area contributed by atoms with Crippen LogP contribution in [0.5, 0.6) is 5.75 Å². The number of hydrogen-bond acceptors (Lipinski definition) is 3. The molecular formula is C14H18N2O4. The normalized spacial score (nSPS) is 15.9. The molecule has 0 heterocycles. The zero-order valence-electron chi connectivity index (χ0n) is 11.5. The van der Waals surface area contributed by atoms with Crippen molar-refractivity contribution in [1.29, 1.82) is 0 Å². The second-order valence-corrected chi connectivity index (χ2v) is 5.02. The van der Waals surface area contributed by atoms with Crippen LogP contribution in [0.4, 0.5) is 10.5 Å². The van der Waals surface area contributed by atoms with Gasteiger partial charge in [0.1, 0.15) is 11.3 Å². The summed E-state index contributed by atoms with van der Waals surface area (Å²) in [4.78, 5) is 23.2. The number of hydrogen-bond donors (Lipinski definition) is 3. The van der Waals surface area contributed by atoms with Crippen molar-refractivity contribution in [1.82, 2.24) is 5.32 Å². The highest BCUT2D eigenvalue weighted by Gasteiger charge is 2.45. The predicted molar refractivity (Wildman–Crippen MR) is 74.1 cm³/mol. The van der Waals surface area contributed by atoms with Gasteiger partial charge < -0.3 is 20.5 Å². The minimum Gasteiger partial charge on any atom is -0.495 e. The van der Waals surface area contributed by atoms with Gasteiger partial charge in [-0.2, -0.15) is 0 Å². The summed E-state index contributed by atoms with van der Waals surface area (Å²) in [7, 11) is 1.51. The lowest BCUT2D eigenvalue weighted by molar-refractivity contribution is -0.148. The van der Waals surface area contributed by atoms with Crippen molar-refractivity contribution in [3.8, 4) is 5.75 Å². The van der Waals surface area contributed by atoms with Crippen molar-refractivity contribution in [2.24, 2.45) is 0 Å². The van der Waals surface area contributed by atoms with Gasteiger partial charge in [0.15, 0.2) is 0 Å². The first-order chi connectivity index (χ1) is 9.47. The van der Waals surface area contributed by atoms with Crippen LogP contribution in [0.1, 0.15) is 24.8 Å². The van der Waals surface area contributed by atoms with E-state index < -0.39 is 17.5 Å². The van der Waals surface area contributed by atoms with E-state index in [0.717, 1.165) is 12.0 Å². The summed E-state index contributed by atoms with van der Waals surface area (Å²) < 4.78 is 5.16. The molecule has 108 valence electrons. The average molecular weight is 278 g/mol. The molecule has 0 radical (unpaired) electrons. The van der Waals surface area contributed by atoms with E-state index in [0.29, 0.717) is 24.3 Å². The summed E-state index contributed by atoms with van der Waals surface area (Å²) in [5.41, 5.74) is 0.365. The lowest BCUT2D eigenvalue weighted by Gasteiger charge is -2.38. The van der Waals surface area contributed by atoms with Crippen LogP contribution in [0.3, 0.4) is 0 Å². The quantitative estimate of drug-likeness (QED) is 0.787. The molecule has 6 nitrogen and oxygen atoms in total. The van der Waals surface area contributed by atoms with E-state index in [2.05, 4.69) is 10.6 Å². The van der Waals surface area contributed by atoms with Crippen LogP contribution in [0.2, 0.25) is 0 Å². The van der Waals surface area contributed by atoms with Crippen LogP contribution in [0, 0.1) is 6.92 Å². The maximum absolute atomic E-state index is 12.0. The molecule has 0 aliphatic heterocycles. The SMILES string of the molecule is COc1ccc(C)cc1NC(=O)NC1(C(=O)O)CCC1. The van der Waals surface area contributed by atoms with Gasteiger partial charge in [0.05, 0.1) is 12.8 Å². The number of nitrogens with one attached hydrogen (secondary N) is 2. The van der Waals surface area contributed by atoms with Crippen LogP contribution in [0.15, 0.2) is 18.2 Å². The standard InChI is InChI=1S/C14H18N2O4/c1-9-4-5-11(20-2)10(8-9)15-13(19)16-14(12(17)18)6-3-7-14/h4-5,8H,3,6-7H2,1-2H3,(H,17,18)(H2,15,16,19). The number of ether oxygens (including phenoxy) is 1. The van der Waals surface area contributed by atoms with E-state index in [1.165, 1.54) is 7.11 Å². The number of carbonyl (C=O) groups excluding carboxylic acids is 1. The minimum absolute atomic E-state index is 0.459. The molecule has 6 heteroatoms. The number of carboxylic acids is 1. The fourth-order valence-corrected chi connectivity index (χ4v) is 2.21. The molecular weight excluding hydrogens is 260 g/mol. The van der Waals surface area contributed by atoms with E-state index in [9.17, 15) is 14.7 Å². The third kappa shape index (κ3) is 2.68. The third-order valence-electron chi connectivity index (χ3n) is 3.57. The first-order valence-electron chi connectivity index (χ1n) is 6.44. The van der Waals surface area contributed by atoms with E-state index in [4.69, 9.17) is 4.74 Å². The summed E-state index contributed by atoms with van der Waals surface area (Å²) in [5.74, 6) is -0.459. The second-order valence-electron chi connectivity index (χ2n) is 5.02. The zero-order chi connectivity index (χ0) is 14.8. The number of urea groups is 1. The molecule has 0 atom stereocenters. The number of benzene rings is 1. The number of aryl methyl sites for hydroxylation is 1. The molecule has 0 saturated heterocycles. The van der Waals surface area contributed by atoms with Gasteiger partial charge in [0.2, 0.25) is 0 Å². The molecule has 1 fully saturated rings. The maximum Gasteiger partial charge on any atom is 0.329 e. The molecule has 1 aliphatic rings. The maximum atomic E-state index is 12.0. The first-order valence-corrected chi connectivity index (χ1v) is 6.44. The average Bonchev–Trinajstić information content (AvgIpc) is 2.33. The number of rotatable bonds is 4. The number of carbonyl (C=O) groups is 2. The second kappa shape index (κ2) is 5.40. The summed E-state index contributed by atoms with van der Waals surface area (Å²) >= 11 is 0. The number of carboxylic acid groups (broad SMARTS) is 1. The molecule has 0 unspecified atom stereocenters. The Kier molecular flexibility index (Phi) is 3.83. The van der Waals surface area contributed by atoms with Gasteiger partial charge in [-0.15, -0.1) is 0 Å². The van der Waals surface area contributed by atoms with Gasteiger partial charge in [0, 0.05) is 0 Å². The smallest absolute Gasteiger partial charge is 0.329 e. The molecule has 0 spiro atoms. The molecule has 0 aromatic heterocycles. The monoisotopic (exact) mass is 278 g/mol. The van der Waals surface area contributed by atoms with Gasteiger partial charge in [-0.25, -0.2) is 9.59 Å². The van der Waals surface area contributed by atoms with Gasteiger partial charge in [-0.3, -0.25) is 0 Å². The minimum atomic E-state index is -1.12. The Hall–Kier alpha value is -2.24. The molecule has 1 aromatic rings. The van der Waals surface area contributed by atoms with Crippen LogP contribution >= 0.6 is 0 Å². The van der Waals surface area contributed by atoms with Crippen LogP contribution in [0.25, 0.3) is 0 Å². The Morgan fingerprint density at radius 3 is 2.55 bits per heavy atom. The molecule has 0 bridgehead atoms. The lowest BCUT2D eigenvalue weighted by Crippen LogP contribution is -2.60. The van der Waals surface area contributed by atoms with Crippen LogP contribution < -0.4 is 15.4 Å². The summed E-state index contributed by atoms with van der Waals surface area (Å²) in [6, 6.07) is 4.86. The topological polar surface area (TPSA) is 87.7 Å². The predicted octanol–water partition coefficient (Wildman–Crippen LogP) is 2.13. The fraction of sp³-hybridized carbons (Fsp3) is 0.429. The Morgan fingerprint density at radius 2 is 2.05 bits per heavy atom. The van der Waals surface area contributed by atoms with E-state index in [1.54, 1.807) is 12.1 Å². The largest absolute Gasteiger partial charge is 0.495 e. The number of aliphatic carboxylic acids is 1. The highest BCUT2D eigenvalue weighted by atomic mass is 16.5. The lowest BCUT2D eigenvalue weighted by atomic mass is 9.77. The molecule has 3 N–H and O–H groups in total. The van der Waals surface area contributed by atoms with Crippen molar-refractivity contribution >= 4 is 17.7 Å². The summed E-state index contributed by atoms with van der Waals surface area (Å²) in [6.07, 6.45) is 1.72. The van der Waals surface area contributed by atoms with Gasteiger partial charge in [-0.05, 0) is 43.9 Å². The van der Waals surface area contributed by atoms with E-state index in [1.807, 2.05) is 13.0 Å². The summed E-state index contributed by atoms with van der Waals surface area (Å²) in [6.45, 7) is 1.90. The molecule has 1 aromatic carbocycles. The third-order valence-corrected chi connectivity index (χ3v) is 3.57. The number of methoxy groups -OCH3 is 1. The van der Waals surface area contributed by atoms with Gasteiger partial charge >= 0.3 is 12.0 Å². The van der Waals surface area contributed by atoms with E-state index >= 15 is 0 Å². The van der Waals surface area contributed by atoms with Gasteiger partial charge in [0.25, 0.3) is 0 Å². The van der Waals surface area contributed by atoms with Crippen molar-refractivity contribution in [3.05, 3.63) is 23.8 Å². The highest BCUT2D eigenvalue weighted by molar-refractivity contribution is 5.95. The van der Waals surface area contributed by atoms with Crippen LogP contribution in [-0.2, 0) is 4.79 Å². The Bertz CT molecular complexity index is 538. The van der Waals surface area contributed by atoms with Gasteiger partial charge in [-0.1, -0.05) is 6.07 Å². The zero-order valence-corrected chi connectivity index (χ0v) is 11.5. The number of anilines is 1. The van der Waals surface area contributed by atoms with Crippen LogP contribution in [-0.4, -0.2) is 29.8 Å². The first kappa shape index (κ1) is 14.2. The number of amides is 2. The summed E-state index contributed by atoms with van der Waals surface area (Å²) in [5, 5.41) is 14.4. The molecule has 2 rings (SSSR count).